The van der Waals surface area contributed by atoms with Gasteiger partial charge in [0.15, 0.2) is 0 Å². The van der Waals surface area contributed by atoms with E-state index in [2.05, 4.69) is 29.1 Å². The number of carbonyl (C=O) groups is 1. The number of amides is 1. The van der Waals surface area contributed by atoms with E-state index in [1.165, 1.54) is 6.33 Å². The van der Waals surface area contributed by atoms with Crippen molar-refractivity contribution in [3.63, 3.8) is 0 Å². The van der Waals surface area contributed by atoms with Crippen LogP contribution in [0.25, 0.3) is 0 Å². The van der Waals surface area contributed by atoms with Crippen LogP contribution >= 0.6 is 0 Å². The molecule has 1 aromatic heterocycles. The molecule has 0 aliphatic carbocycles. The molecule has 0 fully saturated rings. The second kappa shape index (κ2) is 7.71. The molecule has 106 valence electrons. The summed E-state index contributed by atoms with van der Waals surface area (Å²) in [6.45, 7) is 9.74. The Morgan fingerprint density at radius 1 is 1.26 bits per heavy atom. The van der Waals surface area contributed by atoms with E-state index in [0.29, 0.717) is 11.5 Å². The number of nitrogens with zero attached hydrogens (tertiary/aromatic N) is 3. The number of nitrogens with one attached hydrogen (secondary N) is 1. The molecule has 0 saturated carbocycles. The first-order valence-electron chi connectivity index (χ1n) is 6.96. The van der Waals surface area contributed by atoms with Gasteiger partial charge in [-0.15, -0.1) is 0 Å². The Balaban J connectivity index is 2.84. The number of aromatic nitrogens is 2. The normalized spacial score (nSPS) is 10.6. The molecule has 0 aromatic carbocycles. The highest BCUT2D eigenvalue weighted by Gasteiger charge is 2.16. The molecule has 0 aliphatic rings. The average molecular weight is 264 g/mol. The lowest BCUT2D eigenvalue weighted by Crippen LogP contribution is -2.33. The summed E-state index contributed by atoms with van der Waals surface area (Å²) < 4.78 is 0. The molecule has 0 bridgehead atoms. The van der Waals surface area contributed by atoms with E-state index in [-0.39, 0.29) is 11.9 Å². The fraction of sp³-hybridized carbons (Fsp3) is 0.643. The van der Waals surface area contributed by atoms with Crippen molar-refractivity contribution >= 4 is 11.7 Å². The maximum atomic E-state index is 12.4. The highest BCUT2D eigenvalue weighted by molar-refractivity contribution is 5.92. The quantitative estimate of drug-likeness (QED) is 0.822. The third-order valence-electron chi connectivity index (χ3n) is 2.60. The molecular formula is C14H24N4O. The SMILES string of the molecule is CCCN(CCC)C(=O)c1cc(NC(C)C)ncn1. The lowest BCUT2D eigenvalue weighted by Gasteiger charge is -2.21. The lowest BCUT2D eigenvalue weighted by atomic mass is 10.3. The van der Waals surface area contributed by atoms with Crippen molar-refractivity contribution in [2.75, 3.05) is 18.4 Å². The first-order chi connectivity index (χ1) is 9.08. The molecule has 0 atom stereocenters. The van der Waals surface area contributed by atoms with Crippen molar-refractivity contribution in [3.8, 4) is 0 Å². The standard InChI is InChI=1S/C14H24N4O/c1-5-7-18(8-6-2)14(19)12-9-13(16-10-15-12)17-11(3)4/h9-11H,5-8H2,1-4H3,(H,15,16,17). The van der Waals surface area contributed by atoms with Gasteiger partial charge in [-0.25, -0.2) is 9.97 Å². The smallest absolute Gasteiger partial charge is 0.272 e. The minimum Gasteiger partial charge on any atom is -0.368 e. The van der Waals surface area contributed by atoms with Crippen molar-refractivity contribution < 1.29 is 4.79 Å². The molecule has 19 heavy (non-hydrogen) atoms. The topological polar surface area (TPSA) is 58.1 Å². The molecule has 0 spiro atoms. The fourth-order valence-electron chi connectivity index (χ4n) is 1.87. The van der Waals surface area contributed by atoms with Gasteiger partial charge in [-0.1, -0.05) is 13.8 Å². The Bertz CT molecular complexity index is 400. The zero-order chi connectivity index (χ0) is 14.3. The molecule has 5 nitrogen and oxygen atoms in total. The second-order valence-electron chi connectivity index (χ2n) is 4.88. The van der Waals surface area contributed by atoms with Gasteiger partial charge < -0.3 is 10.2 Å². The van der Waals surface area contributed by atoms with E-state index in [1.807, 2.05) is 18.7 Å². The highest BCUT2D eigenvalue weighted by Crippen LogP contribution is 2.09. The van der Waals surface area contributed by atoms with E-state index in [0.717, 1.165) is 25.9 Å². The van der Waals surface area contributed by atoms with E-state index in [4.69, 9.17) is 0 Å². The summed E-state index contributed by atoms with van der Waals surface area (Å²) in [6.07, 6.45) is 3.34. The van der Waals surface area contributed by atoms with Crippen LogP contribution in [-0.4, -0.2) is 39.9 Å². The summed E-state index contributed by atoms with van der Waals surface area (Å²) in [5.41, 5.74) is 0.458. The number of rotatable bonds is 7. The molecule has 1 aromatic rings. The van der Waals surface area contributed by atoms with Gasteiger partial charge in [0, 0.05) is 25.2 Å². The summed E-state index contributed by atoms with van der Waals surface area (Å²) >= 11 is 0. The van der Waals surface area contributed by atoms with Gasteiger partial charge in [0.2, 0.25) is 0 Å². The van der Waals surface area contributed by atoms with Crippen LogP contribution in [0, 0.1) is 0 Å². The van der Waals surface area contributed by atoms with Crippen LogP contribution in [0.15, 0.2) is 12.4 Å². The molecule has 0 radical (unpaired) electrons. The summed E-state index contributed by atoms with van der Waals surface area (Å²) in [6, 6.07) is 2.00. The monoisotopic (exact) mass is 264 g/mol. The summed E-state index contributed by atoms with van der Waals surface area (Å²) in [5, 5.41) is 3.18. The third-order valence-corrected chi connectivity index (χ3v) is 2.60. The second-order valence-corrected chi connectivity index (χ2v) is 4.88. The van der Waals surface area contributed by atoms with Crippen molar-refractivity contribution in [2.45, 2.75) is 46.6 Å². The zero-order valence-electron chi connectivity index (χ0n) is 12.3. The summed E-state index contributed by atoms with van der Waals surface area (Å²) in [5.74, 6) is 0.680. The molecule has 0 saturated heterocycles. The minimum absolute atomic E-state index is 0.0158. The van der Waals surface area contributed by atoms with Crippen LogP contribution in [0.4, 0.5) is 5.82 Å². The van der Waals surface area contributed by atoms with Gasteiger partial charge in [0.1, 0.15) is 17.8 Å². The van der Waals surface area contributed by atoms with Gasteiger partial charge in [-0.05, 0) is 26.7 Å². The maximum Gasteiger partial charge on any atom is 0.272 e. The van der Waals surface area contributed by atoms with Gasteiger partial charge in [0.05, 0.1) is 0 Å². The van der Waals surface area contributed by atoms with E-state index in [9.17, 15) is 4.79 Å². The number of hydrogen-bond acceptors (Lipinski definition) is 4. The molecular weight excluding hydrogens is 240 g/mol. The van der Waals surface area contributed by atoms with Crippen LogP contribution in [-0.2, 0) is 0 Å². The van der Waals surface area contributed by atoms with Gasteiger partial charge >= 0.3 is 0 Å². The van der Waals surface area contributed by atoms with Gasteiger partial charge in [-0.3, -0.25) is 4.79 Å². The average Bonchev–Trinajstić information content (AvgIpc) is 2.37. The van der Waals surface area contributed by atoms with Crippen molar-refractivity contribution in [1.82, 2.24) is 14.9 Å². The van der Waals surface area contributed by atoms with E-state index in [1.54, 1.807) is 6.07 Å². The molecule has 5 heteroatoms. The van der Waals surface area contributed by atoms with Crippen molar-refractivity contribution in [3.05, 3.63) is 18.1 Å². The highest BCUT2D eigenvalue weighted by atomic mass is 16.2. The van der Waals surface area contributed by atoms with Crippen LogP contribution in [0.3, 0.4) is 0 Å². The zero-order valence-corrected chi connectivity index (χ0v) is 12.3. The van der Waals surface area contributed by atoms with E-state index < -0.39 is 0 Å². The van der Waals surface area contributed by atoms with Crippen LogP contribution in [0.5, 0.6) is 0 Å². The predicted octanol–water partition coefficient (Wildman–Crippen LogP) is 2.56. The number of anilines is 1. The van der Waals surface area contributed by atoms with Crippen molar-refractivity contribution in [1.29, 1.82) is 0 Å². The first-order valence-corrected chi connectivity index (χ1v) is 6.96. The van der Waals surface area contributed by atoms with Crippen molar-refractivity contribution in [2.24, 2.45) is 0 Å². The Labute approximate surface area is 115 Å². The molecule has 1 heterocycles. The molecule has 1 rings (SSSR count). The summed E-state index contributed by atoms with van der Waals surface area (Å²) in [7, 11) is 0. The van der Waals surface area contributed by atoms with Crippen LogP contribution in [0.2, 0.25) is 0 Å². The Hall–Kier alpha value is -1.65. The van der Waals surface area contributed by atoms with Gasteiger partial charge in [0.25, 0.3) is 5.91 Å². The van der Waals surface area contributed by atoms with Gasteiger partial charge in [-0.2, -0.15) is 0 Å². The minimum atomic E-state index is -0.0158. The molecule has 1 N–H and O–H groups in total. The number of hydrogen-bond donors (Lipinski definition) is 1. The van der Waals surface area contributed by atoms with E-state index >= 15 is 0 Å². The lowest BCUT2D eigenvalue weighted by molar-refractivity contribution is 0.0749. The largest absolute Gasteiger partial charge is 0.368 e. The molecule has 1 amide bonds. The van der Waals surface area contributed by atoms with Crippen LogP contribution < -0.4 is 5.32 Å². The Morgan fingerprint density at radius 2 is 1.89 bits per heavy atom. The third kappa shape index (κ3) is 4.85. The Kier molecular flexibility index (Phi) is 6.25. The summed E-state index contributed by atoms with van der Waals surface area (Å²) in [4.78, 5) is 22.4. The predicted molar refractivity (Wildman–Crippen MR) is 77.3 cm³/mol. The molecule has 0 unspecified atom stereocenters. The Morgan fingerprint density at radius 3 is 2.42 bits per heavy atom. The van der Waals surface area contributed by atoms with Crippen LogP contribution in [0.1, 0.15) is 51.0 Å². The molecule has 0 aliphatic heterocycles. The first kappa shape index (κ1) is 15.4. The number of carbonyl (C=O) groups excluding carboxylic acids is 1. The fourth-order valence-corrected chi connectivity index (χ4v) is 1.87. The maximum absolute atomic E-state index is 12.4.